The van der Waals surface area contributed by atoms with Gasteiger partial charge in [0.25, 0.3) is 6.08 Å². The van der Waals surface area contributed by atoms with Crippen LogP contribution >= 0.6 is 0 Å². The molecule has 0 aliphatic carbocycles. The fourth-order valence-corrected chi connectivity index (χ4v) is 0.958. The third kappa shape index (κ3) is 3.96. The Morgan fingerprint density at radius 3 is 2.43 bits per heavy atom. The molecule has 0 spiro atoms. The van der Waals surface area contributed by atoms with Gasteiger partial charge in [0.15, 0.2) is 0 Å². The molecule has 0 saturated heterocycles. The van der Waals surface area contributed by atoms with Crippen molar-refractivity contribution in [3.05, 3.63) is 54.1 Å². The maximum absolute atomic E-state index is 11.7. The second-order valence-electron chi connectivity index (χ2n) is 2.72. The van der Waals surface area contributed by atoms with E-state index in [1.165, 1.54) is 6.08 Å². The average molecular weight is 196 g/mol. The lowest BCUT2D eigenvalue weighted by molar-refractivity contribution is 0.262. The molecule has 1 unspecified atom stereocenters. The highest BCUT2D eigenvalue weighted by Crippen LogP contribution is 2.05. The standard InChI is InChI=1S/C11H10F2O/c12-11(13)8-10(14)7-6-9-4-2-1-3-5-9/h1-8,10,14H/b7-6+. The summed E-state index contributed by atoms with van der Waals surface area (Å²) in [7, 11) is 0. The molecule has 0 saturated carbocycles. The van der Waals surface area contributed by atoms with E-state index in [-0.39, 0.29) is 0 Å². The van der Waals surface area contributed by atoms with Crippen LogP contribution in [0.15, 0.2) is 48.6 Å². The van der Waals surface area contributed by atoms with E-state index in [2.05, 4.69) is 0 Å². The van der Waals surface area contributed by atoms with Gasteiger partial charge in [-0.05, 0) is 5.56 Å². The van der Waals surface area contributed by atoms with Crippen molar-refractivity contribution in [3.63, 3.8) is 0 Å². The van der Waals surface area contributed by atoms with Gasteiger partial charge in [0.1, 0.15) is 0 Å². The summed E-state index contributed by atoms with van der Waals surface area (Å²) in [6.45, 7) is 0. The lowest BCUT2D eigenvalue weighted by Gasteiger charge is -1.96. The van der Waals surface area contributed by atoms with Gasteiger partial charge in [-0.3, -0.25) is 0 Å². The molecule has 14 heavy (non-hydrogen) atoms. The van der Waals surface area contributed by atoms with Crippen LogP contribution in [-0.4, -0.2) is 11.2 Å². The third-order valence-corrected chi connectivity index (χ3v) is 1.58. The van der Waals surface area contributed by atoms with Crippen LogP contribution in [0.1, 0.15) is 5.56 Å². The van der Waals surface area contributed by atoms with Crippen molar-refractivity contribution in [1.82, 2.24) is 0 Å². The highest BCUT2D eigenvalue weighted by atomic mass is 19.3. The number of hydrogen-bond donors (Lipinski definition) is 1. The fraction of sp³-hybridized carbons (Fsp3) is 0.0909. The Hall–Kier alpha value is -1.48. The molecule has 1 nitrogen and oxygen atoms in total. The summed E-state index contributed by atoms with van der Waals surface area (Å²) in [6, 6.07) is 9.15. The first-order valence-electron chi connectivity index (χ1n) is 4.12. The molecule has 0 aromatic heterocycles. The molecular formula is C11H10F2O. The predicted molar refractivity (Wildman–Crippen MR) is 51.8 cm³/mol. The van der Waals surface area contributed by atoms with Crippen molar-refractivity contribution in [2.75, 3.05) is 0 Å². The molecule has 0 aliphatic heterocycles. The molecule has 0 fully saturated rings. The van der Waals surface area contributed by atoms with Gasteiger partial charge >= 0.3 is 0 Å². The zero-order valence-corrected chi connectivity index (χ0v) is 7.40. The molecule has 1 atom stereocenters. The van der Waals surface area contributed by atoms with Crippen molar-refractivity contribution < 1.29 is 13.9 Å². The summed E-state index contributed by atoms with van der Waals surface area (Å²) in [6.07, 6.45) is 0.258. The molecule has 0 heterocycles. The smallest absolute Gasteiger partial charge is 0.269 e. The van der Waals surface area contributed by atoms with Gasteiger partial charge in [-0.1, -0.05) is 42.5 Å². The minimum atomic E-state index is -1.88. The van der Waals surface area contributed by atoms with Crippen molar-refractivity contribution in [3.8, 4) is 0 Å². The largest absolute Gasteiger partial charge is 0.385 e. The van der Waals surface area contributed by atoms with E-state index in [4.69, 9.17) is 5.11 Å². The number of rotatable bonds is 3. The van der Waals surface area contributed by atoms with E-state index in [1.54, 1.807) is 6.08 Å². The molecule has 0 radical (unpaired) electrons. The lowest BCUT2D eigenvalue weighted by Crippen LogP contribution is -1.95. The Labute approximate surface area is 81.0 Å². The maximum atomic E-state index is 11.7. The molecule has 1 aromatic carbocycles. The number of benzene rings is 1. The van der Waals surface area contributed by atoms with Gasteiger partial charge in [0, 0.05) is 6.08 Å². The first-order valence-corrected chi connectivity index (χ1v) is 4.12. The number of aliphatic hydroxyl groups excluding tert-OH is 1. The molecular weight excluding hydrogens is 186 g/mol. The van der Waals surface area contributed by atoms with Crippen LogP contribution in [0.3, 0.4) is 0 Å². The molecule has 0 amide bonds. The minimum Gasteiger partial charge on any atom is -0.385 e. The Morgan fingerprint density at radius 1 is 1.21 bits per heavy atom. The van der Waals surface area contributed by atoms with Gasteiger partial charge in [-0.15, -0.1) is 0 Å². The molecule has 3 heteroatoms. The van der Waals surface area contributed by atoms with Gasteiger partial charge < -0.3 is 5.11 Å². The topological polar surface area (TPSA) is 20.2 Å². The van der Waals surface area contributed by atoms with E-state index in [0.29, 0.717) is 6.08 Å². The SMILES string of the molecule is OC(C=C(F)F)/C=C/c1ccccc1. The molecule has 0 aliphatic rings. The lowest BCUT2D eigenvalue weighted by atomic mass is 10.2. The van der Waals surface area contributed by atoms with E-state index >= 15 is 0 Å². The van der Waals surface area contributed by atoms with Crippen LogP contribution in [-0.2, 0) is 0 Å². The number of aliphatic hydroxyl groups is 1. The van der Waals surface area contributed by atoms with E-state index in [9.17, 15) is 8.78 Å². The van der Waals surface area contributed by atoms with Gasteiger partial charge in [0.2, 0.25) is 0 Å². The number of hydrogen-bond acceptors (Lipinski definition) is 1. The summed E-state index contributed by atoms with van der Waals surface area (Å²) in [5.41, 5.74) is 0.860. The van der Waals surface area contributed by atoms with Crippen LogP contribution in [0, 0.1) is 0 Å². The zero-order chi connectivity index (χ0) is 10.4. The predicted octanol–water partition coefficient (Wildman–Crippen LogP) is 2.84. The second-order valence-corrected chi connectivity index (χ2v) is 2.72. The first-order chi connectivity index (χ1) is 6.68. The maximum Gasteiger partial charge on any atom is 0.269 e. The Balaban J connectivity index is 2.61. The van der Waals surface area contributed by atoms with Crippen LogP contribution in [0.5, 0.6) is 0 Å². The van der Waals surface area contributed by atoms with E-state index in [1.807, 2.05) is 30.3 Å². The molecule has 0 bridgehead atoms. The van der Waals surface area contributed by atoms with Crippen LogP contribution in [0.4, 0.5) is 8.78 Å². The summed E-state index contributed by atoms with van der Waals surface area (Å²) in [5, 5.41) is 9.04. The van der Waals surface area contributed by atoms with Crippen LogP contribution in [0.2, 0.25) is 0 Å². The second kappa shape index (κ2) is 5.29. The Bertz CT molecular complexity index is 326. The molecule has 74 valence electrons. The highest BCUT2D eigenvalue weighted by molar-refractivity contribution is 5.49. The normalized spacial score (nSPS) is 12.8. The molecule has 1 N–H and O–H groups in total. The summed E-state index contributed by atoms with van der Waals surface area (Å²) in [4.78, 5) is 0. The Morgan fingerprint density at radius 2 is 1.86 bits per heavy atom. The fourth-order valence-electron chi connectivity index (χ4n) is 0.958. The zero-order valence-electron chi connectivity index (χ0n) is 7.40. The van der Waals surface area contributed by atoms with Gasteiger partial charge in [0.05, 0.1) is 6.10 Å². The van der Waals surface area contributed by atoms with E-state index in [0.717, 1.165) is 5.56 Å². The summed E-state index contributed by atoms with van der Waals surface area (Å²) >= 11 is 0. The Kier molecular flexibility index (Phi) is 4.01. The monoisotopic (exact) mass is 196 g/mol. The van der Waals surface area contributed by atoms with E-state index < -0.39 is 12.2 Å². The summed E-state index contributed by atoms with van der Waals surface area (Å²) < 4.78 is 23.4. The average Bonchev–Trinajstić information content (AvgIpc) is 2.15. The minimum absolute atomic E-state index is 0.486. The quantitative estimate of drug-likeness (QED) is 0.788. The highest BCUT2D eigenvalue weighted by Gasteiger charge is 1.96. The third-order valence-electron chi connectivity index (χ3n) is 1.58. The first kappa shape index (κ1) is 10.6. The van der Waals surface area contributed by atoms with Crippen molar-refractivity contribution >= 4 is 6.08 Å². The van der Waals surface area contributed by atoms with Crippen molar-refractivity contribution in [2.24, 2.45) is 0 Å². The van der Waals surface area contributed by atoms with Gasteiger partial charge in [-0.2, -0.15) is 8.78 Å². The van der Waals surface area contributed by atoms with Crippen LogP contribution < -0.4 is 0 Å². The van der Waals surface area contributed by atoms with Crippen molar-refractivity contribution in [2.45, 2.75) is 6.10 Å². The molecule has 1 rings (SSSR count). The molecule has 1 aromatic rings. The summed E-state index contributed by atoms with van der Waals surface area (Å²) in [5.74, 6) is 0. The van der Waals surface area contributed by atoms with Crippen molar-refractivity contribution in [1.29, 1.82) is 0 Å². The van der Waals surface area contributed by atoms with Gasteiger partial charge in [-0.25, -0.2) is 0 Å². The number of halogens is 2. The van der Waals surface area contributed by atoms with Crippen LogP contribution in [0.25, 0.3) is 6.08 Å².